The van der Waals surface area contributed by atoms with Crippen LogP contribution >= 0.6 is 11.6 Å². The smallest absolute Gasteiger partial charge is 0.338 e. The maximum absolute atomic E-state index is 14.0. The standard InChI is InChI=1S/C43H46ClNO3/c1-28-26-36(44)20-23-38(28)32-16-21-37(22-17-32)45-40(46)39(27-29-6-8-34(9-7-29)41(47)48-42(2,3)4)33-12-10-30(11-13-33)31-14-18-35(19-15-31)43(5)24-25-43/h6-14,16-17,20-23,26,35,39H,15,18-19,24-25,27H2,1-5H3,(H,45,46)/t35?,39-/m1/s1. The van der Waals surface area contributed by atoms with Crippen LogP contribution in [-0.2, 0) is 16.0 Å². The van der Waals surface area contributed by atoms with Gasteiger partial charge in [0.2, 0.25) is 5.91 Å². The van der Waals surface area contributed by atoms with Crippen molar-refractivity contribution in [1.82, 2.24) is 0 Å². The van der Waals surface area contributed by atoms with Crippen LogP contribution in [0.25, 0.3) is 16.7 Å². The molecule has 0 spiro atoms. The van der Waals surface area contributed by atoms with Crippen LogP contribution in [0.2, 0.25) is 5.02 Å². The lowest BCUT2D eigenvalue weighted by Crippen LogP contribution is -2.24. The van der Waals surface area contributed by atoms with Gasteiger partial charge >= 0.3 is 5.97 Å². The normalized spacial score (nSPS) is 17.6. The summed E-state index contributed by atoms with van der Waals surface area (Å²) in [5, 5.41) is 3.89. The zero-order chi connectivity index (χ0) is 34.1. The van der Waals surface area contributed by atoms with Crippen LogP contribution < -0.4 is 5.32 Å². The van der Waals surface area contributed by atoms with Gasteiger partial charge in [0, 0.05) is 10.7 Å². The third-order valence-electron chi connectivity index (χ3n) is 10.1. The summed E-state index contributed by atoms with van der Waals surface area (Å²) in [6.45, 7) is 10.1. The molecule has 1 saturated carbocycles. The molecule has 0 radical (unpaired) electrons. The number of hydrogen-bond donors (Lipinski definition) is 1. The quantitative estimate of drug-likeness (QED) is 0.182. The van der Waals surface area contributed by atoms with Gasteiger partial charge in [-0.1, -0.05) is 79.2 Å². The molecule has 4 aromatic rings. The van der Waals surface area contributed by atoms with Crippen molar-refractivity contribution in [1.29, 1.82) is 0 Å². The monoisotopic (exact) mass is 659 g/mol. The molecule has 1 amide bonds. The molecule has 0 saturated heterocycles. The molecule has 1 N–H and O–H groups in total. The van der Waals surface area contributed by atoms with Crippen LogP contribution in [0, 0.1) is 18.3 Å². The van der Waals surface area contributed by atoms with Gasteiger partial charge in [-0.2, -0.15) is 0 Å². The fourth-order valence-corrected chi connectivity index (χ4v) is 7.12. The number of anilines is 1. The van der Waals surface area contributed by atoms with E-state index < -0.39 is 11.5 Å². The number of carbonyl (C=O) groups excluding carboxylic acids is 2. The van der Waals surface area contributed by atoms with Gasteiger partial charge in [-0.25, -0.2) is 4.79 Å². The predicted octanol–water partition coefficient (Wildman–Crippen LogP) is 11.2. The average molecular weight is 660 g/mol. The van der Waals surface area contributed by atoms with Crippen LogP contribution in [0.1, 0.15) is 98.3 Å². The van der Waals surface area contributed by atoms with E-state index in [1.54, 1.807) is 12.1 Å². The van der Waals surface area contributed by atoms with Gasteiger partial charge < -0.3 is 10.1 Å². The van der Waals surface area contributed by atoms with Crippen LogP contribution in [0.3, 0.4) is 0 Å². The Kier molecular flexibility index (Phi) is 9.67. The molecule has 6 rings (SSSR count). The molecule has 1 fully saturated rings. The number of allylic oxidation sites excluding steroid dienone is 2. The SMILES string of the molecule is Cc1cc(Cl)ccc1-c1ccc(NC(=O)[C@H](Cc2ccc(C(=O)OC(C)(C)C)cc2)c2ccc(C3=CCC(C4(C)CC4)CC3)cc2)cc1. The van der Waals surface area contributed by atoms with Gasteiger partial charge in [0.15, 0.2) is 0 Å². The number of carbonyl (C=O) groups is 2. The number of aryl methyl sites for hydroxylation is 1. The van der Waals surface area contributed by atoms with E-state index >= 15 is 0 Å². The number of ether oxygens (including phenoxy) is 1. The Morgan fingerprint density at radius 2 is 1.58 bits per heavy atom. The van der Waals surface area contributed by atoms with Crippen molar-refractivity contribution in [2.24, 2.45) is 11.3 Å². The molecule has 2 aliphatic carbocycles. The van der Waals surface area contributed by atoms with Crippen molar-refractivity contribution >= 4 is 34.7 Å². The molecule has 0 aliphatic heterocycles. The minimum absolute atomic E-state index is 0.0770. The fraction of sp³-hybridized carbons (Fsp3) is 0.349. The number of hydrogen-bond acceptors (Lipinski definition) is 3. The largest absolute Gasteiger partial charge is 0.456 e. The lowest BCUT2D eigenvalue weighted by Gasteiger charge is -2.27. The molecule has 4 aromatic carbocycles. The number of rotatable bonds is 9. The van der Waals surface area contributed by atoms with E-state index in [9.17, 15) is 9.59 Å². The number of benzene rings is 4. The van der Waals surface area contributed by atoms with Gasteiger partial charge in [0.1, 0.15) is 5.60 Å². The summed E-state index contributed by atoms with van der Waals surface area (Å²) in [5.74, 6) is -0.0544. The van der Waals surface area contributed by atoms with Crippen LogP contribution in [-0.4, -0.2) is 17.5 Å². The minimum Gasteiger partial charge on any atom is -0.456 e. The molecule has 248 valence electrons. The van der Waals surface area contributed by atoms with Gasteiger partial charge in [0.25, 0.3) is 0 Å². The highest BCUT2D eigenvalue weighted by atomic mass is 35.5. The molecule has 5 heteroatoms. The maximum Gasteiger partial charge on any atom is 0.338 e. The van der Waals surface area contributed by atoms with Gasteiger partial charge in [-0.15, -0.1) is 0 Å². The number of nitrogens with one attached hydrogen (secondary N) is 1. The highest BCUT2D eigenvalue weighted by Crippen LogP contribution is 2.56. The highest BCUT2D eigenvalue weighted by Gasteiger charge is 2.44. The summed E-state index contributed by atoms with van der Waals surface area (Å²) in [6.07, 6.45) is 9.20. The van der Waals surface area contributed by atoms with E-state index in [0.29, 0.717) is 22.4 Å². The van der Waals surface area contributed by atoms with E-state index in [-0.39, 0.29) is 11.9 Å². The zero-order valence-electron chi connectivity index (χ0n) is 28.7. The minimum atomic E-state index is -0.568. The van der Waals surface area contributed by atoms with Crippen molar-refractivity contribution in [2.75, 3.05) is 5.32 Å². The first-order valence-corrected chi connectivity index (χ1v) is 17.5. The molecule has 0 bridgehead atoms. The maximum atomic E-state index is 14.0. The Morgan fingerprint density at radius 3 is 2.17 bits per heavy atom. The second-order valence-electron chi connectivity index (χ2n) is 15.0. The van der Waals surface area contributed by atoms with Crippen LogP contribution in [0.4, 0.5) is 5.69 Å². The molecule has 2 atom stereocenters. The van der Waals surface area contributed by atoms with Crippen LogP contribution in [0.15, 0.2) is 97.1 Å². The topological polar surface area (TPSA) is 55.4 Å². The summed E-state index contributed by atoms with van der Waals surface area (Å²) in [7, 11) is 0. The summed E-state index contributed by atoms with van der Waals surface area (Å²) in [6, 6.07) is 29.8. The summed E-state index contributed by atoms with van der Waals surface area (Å²) in [5.41, 5.74) is 9.08. The van der Waals surface area contributed by atoms with Crippen molar-refractivity contribution in [3.05, 3.63) is 130 Å². The first kappa shape index (κ1) is 33.7. The van der Waals surface area contributed by atoms with E-state index in [1.165, 1.54) is 30.4 Å². The number of halogens is 1. The Bertz CT molecular complexity index is 1810. The molecule has 2 aliphatic rings. The van der Waals surface area contributed by atoms with Crippen molar-refractivity contribution in [3.63, 3.8) is 0 Å². The lowest BCUT2D eigenvalue weighted by atomic mass is 9.78. The molecule has 4 nitrogen and oxygen atoms in total. The average Bonchev–Trinajstić information content (AvgIpc) is 3.82. The molecule has 48 heavy (non-hydrogen) atoms. The van der Waals surface area contributed by atoms with E-state index in [1.807, 2.05) is 82.3 Å². The van der Waals surface area contributed by atoms with Crippen molar-refractivity contribution < 1.29 is 14.3 Å². The second-order valence-corrected chi connectivity index (χ2v) is 15.4. The second kappa shape index (κ2) is 13.8. The third-order valence-corrected chi connectivity index (χ3v) is 10.4. The first-order valence-electron chi connectivity index (χ1n) is 17.2. The highest BCUT2D eigenvalue weighted by molar-refractivity contribution is 6.30. The predicted molar refractivity (Wildman–Crippen MR) is 197 cm³/mol. The third kappa shape index (κ3) is 8.10. The Hall–Kier alpha value is -4.15. The molecule has 1 unspecified atom stereocenters. The Labute approximate surface area is 290 Å². The molecule has 0 aromatic heterocycles. The summed E-state index contributed by atoms with van der Waals surface area (Å²) in [4.78, 5) is 26.6. The van der Waals surface area contributed by atoms with E-state index in [0.717, 1.165) is 52.3 Å². The molecular weight excluding hydrogens is 614 g/mol. The van der Waals surface area contributed by atoms with E-state index in [4.69, 9.17) is 16.3 Å². The lowest BCUT2D eigenvalue weighted by molar-refractivity contribution is -0.117. The fourth-order valence-electron chi connectivity index (χ4n) is 6.89. The molecular formula is C43H46ClNO3. The first-order chi connectivity index (χ1) is 22.9. The summed E-state index contributed by atoms with van der Waals surface area (Å²) >= 11 is 6.17. The van der Waals surface area contributed by atoms with Gasteiger partial charge in [0.05, 0.1) is 11.5 Å². The van der Waals surface area contributed by atoms with Gasteiger partial charge in [-0.3, -0.25) is 4.79 Å². The molecule has 0 heterocycles. The Morgan fingerprint density at radius 1 is 0.917 bits per heavy atom. The van der Waals surface area contributed by atoms with E-state index in [2.05, 4.69) is 42.6 Å². The number of esters is 1. The van der Waals surface area contributed by atoms with Gasteiger partial charge in [-0.05, 0) is 153 Å². The van der Waals surface area contributed by atoms with Crippen molar-refractivity contribution in [3.8, 4) is 11.1 Å². The van der Waals surface area contributed by atoms with Crippen molar-refractivity contribution in [2.45, 2.75) is 84.7 Å². The zero-order valence-corrected chi connectivity index (χ0v) is 29.5. The Balaban J connectivity index is 1.21. The van der Waals surface area contributed by atoms with Crippen LogP contribution in [0.5, 0.6) is 0 Å². The summed E-state index contributed by atoms with van der Waals surface area (Å²) < 4.78 is 5.54. The number of amides is 1.